The maximum absolute atomic E-state index is 13.3. The Balaban J connectivity index is 1.73. The number of hydrogen-bond acceptors (Lipinski definition) is 7. The first-order valence-corrected chi connectivity index (χ1v) is 11.4. The predicted molar refractivity (Wildman–Crippen MR) is 130 cm³/mol. The Bertz CT molecular complexity index is 1260. The van der Waals surface area contributed by atoms with Crippen LogP contribution in [0.4, 0.5) is 11.4 Å². The molecule has 3 heterocycles. The van der Waals surface area contributed by atoms with E-state index in [9.17, 15) is 19.7 Å². The van der Waals surface area contributed by atoms with Crippen LogP contribution in [0.5, 0.6) is 0 Å². The molecule has 0 saturated carbocycles. The third kappa shape index (κ3) is 4.64. The fraction of sp³-hybridized carbons (Fsp3) is 0.391. The molecule has 1 aliphatic heterocycles. The number of fused-ring (bicyclic) bond motifs is 1. The van der Waals surface area contributed by atoms with Gasteiger partial charge in [0.2, 0.25) is 0 Å². The van der Waals surface area contributed by atoms with E-state index in [1.807, 2.05) is 19.0 Å². The highest BCUT2D eigenvalue weighted by Gasteiger charge is 2.32. The normalized spacial score (nSPS) is 14.2. The fourth-order valence-corrected chi connectivity index (χ4v) is 4.51. The van der Waals surface area contributed by atoms with Gasteiger partial charge in [0.1, 0.15) is 5.69 Å². The maximum Gasteiger partial charge on any atom is 0.357 e. The molecule has 34 heavy (non-hydrogen) atoms. The van der Waals surface area contributed by atoms with Gasteiger partial charge in [0.15, 0.2) is 5.76 Å². The van der Waals surface area contributed by atoms with Gasteiger partial charge >= 0.3 is 11.2 Å². The largest absolute Gasteiger partial charge is 0.459 e. The molecule has 1 saturated heterocycles. The van der Waals surface area contributed by atoms with E-state index < -0.39 is 16.2 Å². The van der Waals surface area contributed by atoms with Gasteiger partial charge in [-0.3, -0.25) is 19.7 Å². The lowest BCUT2D eigenvalue weighted by Gasteiger charge is -2.36. The highest BCUT2D eigenvalue weighted by molar-refractivity contribution is 6.31. The second-order valence-corrected chi connectivity index (χ2v) is 8.92. The Morgan fingerprint density at radius 3 is 2.56 bits per heavy atom. The number of furan rings is 1. The van der Waals surface area contributed by atoms with E-state index in [1.54, 1.807) is 40.1 Å². The zero-order valence-electron chi connectivity index (χ0n) is 19.1. The Morgan fingerprint density at radius 1 is 1.21 bits per heavy atom. The number of pyridine rings is 1. The average Bonchev–Trinajstić information content (AvgIpc) is 3.34. The first-order valence-electron chi connectivity index (χ1n) is 11.0. The maximum atomic E-state index is 13.3. The number of benzene rings is 1. The highest BCUT2D eigenvalue weighted by Crippen LogP contribution is 2.36. The molecule has 1 aliphatic rings. The van der Waals surface area contributed by atoms with Crippen molar-refractivity contribution < 1.29 is 14.1 Å². The number of nitro groups is 1. The van der Waals surface area contributed by atoms with Crippen molar-refractivity contribution in [1.82, 2.24) is 14.4 Å². The molecule has 3 aromatic rings. The lowest BCUT2D eigenvalue weighted by Crippen LogP contribution is -2.49. The minimum Gasteiger partial charge on any atom is -0.459 e. The molecule has 180 valence electrons. The van der Waals surface area contributed by atoms with Crippen molar-refractivity contribution in [2.75, 3.05) is 51.7 Å². The summed E-state index contributed by atoms with van der Waals surface area (Å²) in [6, 6.07) is 8.34. The van der Waals surface area contributed by atoms with E-state index in [2.05, 4.69) is 0 Å². The third-order valence-electron chi connectivity index (χ3n) is 5.96. The van der Waals surface area contributed by atoms with E-state index in [1.165, 1.54) is 10.8 Å². The Morgan fingerprint density at radius 2 is 1.94 bits per heavy atom. The lowest BCUT2D eigenvalue weighted by molar-refractivity contribution is -0.385. The number of aromatic nitrogens is 1. The first kappa shape index (κ1) is 23.8. The highest BCUT2D eigenvalue weighted by atomic mass is 35.5. The van der Waals surface area contributed by atoms with Crippen LogP contribution < -0.4 is 10.5 Å². The average molecular weight is 488 g/mol. The summed E-state index contributed by atoms with van der Waals surface area (Å²) in [4.78, 5) is 42.9. The summed E-state index contributed by atoms with van der Waals surface area (Å²) in [6.07, 6.45) is 2.10. The van der Waals surface area contributed by atoms with Crippen molar-refractivity contribution in [1.29, 1.82) is 0 Å². The molecular formula is C23H26ClN5O5. The van der Waals surface area contributed by atoms with Crippen LogP contribution in [-0.4, -0.2) is 72.0 Å². The number of anilines is 1. The Hall–Kier alpha value is -3.37. The summed E-state index contributed by atoms with van der Waals surface area (Å²) in [5.41, 5.74) is -0.252. The van der Waals surface area contributed by atoms with Crippen molar-refractivity contribution in [3.8, 4) is 0 Å². The van der Waals surface area contributed by atoms with Crippen LogP contribution in [0.3, 0.4) is 0 Å². The topological polar surface area (TPSA) is 105 Å². The molecule has 0 N–H and O–H groups in total. The summed E-state index contributed by atoms with van der Waals surface area (Å²) < 4.78 is 6.67. The fourth-order valence-electron chi connectivity index (χ4n) is 4.34. The lowest BCUT2D eigenvalue weighted by atomic mass is 10.1. The number of carbonyl (C=O) groups is 1. The van der Waals surface area contributed by atoms with Crippen LogP contribution >= 0.6 is 11.6 Å². The van der Waals surface area contributed by atoms with E-state index in [4.69, 9.17) is 16.0 Å². The SMILES string of the molecule is CN(C)CCCn1c(=O)c([N+](=O)[O-])c(N2CCN(C(=O)c3ccco3)CC2)c2cc(Cl)ccc21. The summed E-state index contributed by atoms with van der Waals surface area (Å²) >= 11 is 6.28. The molecular weight excluding hydrogens is 462 g/mol. The molecule has 4 rings (SSSR count). The van der Waals surface area contributed by atoms with Gasteiger partial charge in [-0.15, -0.1) is 0 Å². The molecule has 0 spiro atoms. The minimum atomic E-state index is -0.636. The molecule has 1 amide bonds. The van der Waals surface area contributed by atoms with Crippen LogP contribution in [0.15, 0.2) is 45.8 Å². The second-order valence-electron chi connectivity index (χ2n) is 8.49. The molecule has 1 aromatic carbocycles. The molecule has 0 atom stereocenters. The van der Waals surface area contributed by atoms with Crippen LogP contribution in [0.25, 0.3) is 10.9 Å². The number of hydrogen-bond donors (Lipinski definition) is 0. The Kier molecular flexibility index (Phi) is 6.90. The monoisotopic (exact) mass is 487 g/mol. The van der Waals surface area contributed by atoms with Gasteiger partial charge in [0, 0.05) is 43.1 Å². The van der Waals surface area contributed by atoms with E-state index in [-0.39, 0.29) is 17.4 Å². The zero-order valence-corrected chi connectivity index (χ0v) is 19.8. The zero-order chi connectivity index (χ0) is 24.4. The van der Waals surface area contributed by atoms with Crippen LogP contribution in [-0.2, 0) is 6.54 Å². The Labute approximate surface area is 201 Å². The standard InChI is InChI=1S/C23H26ClN5O5/c1-25(2)8-4-9-28-18-7-6-16(24)15-17(18)20(21(23(28)31)29(32)33)26-10-12-27(13-11-26)22(30)19-5-3-14-34-19/h3,5-7,14-15H,4,8-13H2,1-2H3. The second kappa shape index (κ2) is 9.86. The van der Waals surface area contributed by atoms with Gasteiger partial charge in [-0.05, 0) is 57.4 Å². The number of rotatable bonds is 7. The minimum absolute atomic E-state index is 0.233. The summed E-state index contributed by atoms with van der Waals surface area (Å²) in [6.45, 7) is 2.43. The van der Waals surface area contributed by atoms with E-state index in [0.717, 1.165) is 6.54 Å². The molecule has 0 bridgehead atoms. The van der Waals surface area contributed by atoms with E-state index >= 15 is 0 Å². The molecule has 0 aliphatic carbocycles. The first-order chi connectivity index (χ1) is 16.3. The van der Waals surface area contributed by atoms with Gasteiger partial charge in [0.05, 0.1) is 16.7 Å². The van der Waals surface area contributed by atoms with Gasteiger partial charge < -0.3 is 23.7 Å². The van der Waals surface area contributed by atoms with Gasteiger partial charge in [-0.2, -0.15) is 0 Å². The summed E-state index contributed by atoms with van der Waals surface area (Å²) in [7, 11) is 3.87. The molecule has 2 aromatic heterocycles. The van der Waals surface area contributed by atoms with Gasteiger partial charge in [-0.1, -0.05) is 11.6 Å². The molecule has 10 nitrogen and oxygen atoms in total. The molecule has 1 fully saturated rings. The number of carbonyl (C=O) groups excluding carboxylic acids is 1. The van der Waals surface area contributed by atoms with Crippen molar-refractivity contribution in [2.45, 2.75) is 13.0 Å². The number of nitrogens with zero attached hydrogens (tertiary/aromatic N) is 5. The predicted octanol–water partition coefficient (Wildman–Crippen LogP) is 3.07. The number of piperazine rings is 1. The van der Waals surface area contributed by atoms with E-state index in [0.29, 0.717) is 55.1 Å². The number of aryl methyl sites for hydroxylation is 1. The van der Waals surface area contributed by atoms with Crippen LogP contribution in [0, 0.1) is 10.1 Å². The van der Waals surface area contributed by atoms with Crippen LogP contribution in [0.1, 0.15) is 17.0 Å². The summed E-state index contributed by atoms with van der Waals surface area (Å²) in [5.74, 6) is 0.0142. The van der Waals surface area contributed by atoms with Crippen molar-refractivity contribution in [3.63, 3.8) is 0 Å². The van der Waals surface area contributed by atoms with Crippen molar-refractivity contribution in [2.24, 2.45) is 0 Å². The van der Waals surface area contributed by atoms with Gasteiger partial charge in [0.25, 0.3) is 5.91 Å². The number of halogens is 1. The van der Waals surface area contributed by atoms with Crippen LogP contribution in [0.2, 0.25) is 5.02 Å². The van der Waals surface area contributed by atoms with Gasteiger partial charge in [-0.25, -0.2) is 0 Å². The smallest absolute Gasteiger partial charge is 0.357 e. The quantitative estimate of drug-likeness (QED) is 0.372. The molecule has 11 heteroatoms. The number of amides is 1. The van der Waals surface area contributed by atoms with Crippen molar-refractivity contribution in [3.05, 3.63) is 67.8 Å². The summed E-state index contributed by atoms with van der Waals surface area (Å²) in [5, 5.41) is 13.1. The molecule has 0 unspecified atom stereocenters. The third-order valence-corrected chi connectivity index (χ3v) is 6.20. The molecule has 0 radical (unpaired) electrons. The van der Waals surface area contributed by atoms with Crippen molar-refractivity contribution >= 4 is 39.8 Å².